The van der Waals surface area contributed by atoms with Gasteiger partial charge in [-0.1, -0.05) is 33.8 Å². The molecule has 0 saturated heterocycles. The molecule has 0 saturated carbocycles. The number of hydrogen-bond donors (Lipinski definition) is 0. The molecule has 0 fully saturated rings. The van der Waals surface area contributed by atoms with Gasteiger partial charge in [-0.15, -0.1) is 0 Å². The summed E-state index contributed by atoms with van der Waals surface area (Å²) in [5.74, 6) is -0.685. The van der Waals surface area contributed by atoms with Crippen molar-refractivity contribution in [2.75, 3.05) is 0 Å². The fourth-order valence-electron chi connectivity index (χ4n) is 1.03. The maximum absolute atomic E-state index is 12.1. The van der Waals surface area contributed by atoms with Crippen molar-refractivity contribution in [3.05, 3.63) is 59.7 Å². The minimum atomic E-state index is -0.412. The van der Waals surface area contributed by atoms with E-state index in [1.54, 1.807) is 32.2 Å². The Morgan fingerprint density at radius 2 is 1.50 bits per heavy atom. The van der Waals surface area contributed by atoms with Gasteiger partial charge in [-0.05, 0) is 37.6 Å². The molecule has 2 nitrogen and oxygen atoms in total. The van der Waals surface area contributed by atoms with Gasteiger partial charge in [0, 0.05) is 11.9 Å². The van der Waals surface area contributed by atoms with E-state index in [9.17, 15) is 8.78 Å². The van der Waals surface area contributed by atoms with Crippen LogP contribution in [-0.2, 0) is 0 Å². The van der Waals surface area contributed by atoms with E-state index in [-0.39, 0.29) is 5.82 Å². The Morgan fingerprint density at radius 3 is 1.80 bits per heavy atom. The van der Waals surface area contributed by atoms with Gasteiger partial charge in [-0.2, -0.15) is 4.39 Å². The molecule has 0 N–H and O–H groups in total. The highest BCUT2D eigenvalue weighted by Crippen LogP contribution is 1.96. The maximum Gasteiger partial charge on any atom is 0.213 e. The zero-order chi connectivity index (χ0) is 16.0. The third-order valence-corrected chi connectivity index (χ3v) is 1.70. The van der Waals surface area contributed by atoms with Crippen molar-refractivity contribution < 1.29 is 8.78 Å². The van der Waals surface area contributed by atoms with Gasteiger partial charge in [0.05, 0.1) is 6.20 Å². The molecule has 2 heterocycles. The highest BCUT2D eigenvalue weighted by Gasteiger charge is 1.86. The van der Waals surface area contributed by atoms with Crippen LogP contribution < -0.4 is 0 Å². The molecule has 2 aromatic rings. The first-order valence-electron chi connectivity index (χ1n) is 6.74. The highest BCUT2D eigenvalue weighted by molar-refractivity contribution is 5.06. The number of hydrogen-bond acceptors (Lipinski definition) is 2. The van der Waals surface area contributed by atoms with E-state index in [0.29, 0.717) is 5.69 Å². The van der Waals surface area contributed by atoms with E-state index in [0.717, 1.165) is 5.56 Å². The van der Waals surface area contributed by atoms with Gasteiger partial charge in [-0.3, -0.25) is 4.98 Å². The summed E-state index contributed by atoms with van der Waals surface area (Å²) in [5.41, 5.74) is 1.56. The summed E-state index contributed by atoms with van der Waals surface area (Å²) in [4.78, 5) is 7.12. The van der Waals surface area contributed by atoms with Crippen LogP contribution in [0.4, 0.5) is 8.78 Å². The second-order valence-corrected chi connectivity index (χ2v) is 3.28. The van der Waals surface area contributed by atoms with Crippen LogP contribution in [0.1, 0.15) is 39.0 Å². The van der Waals surface area contributed by atoms with Crippen molar-refractivity contribution >= 4 is 0 Å². The fraction of sp³-hybridized carbons (Fsp3) is 0.375. The predicted octanol–water partition coefficient (Wildman–Crippen LogP) is 5.11. The average molecular weight is 282 g/mol. The van der Waals surface area contributed by atoms with Crippen molar-refractivity contribution in [1.82, 2.24) is 9.97 Å². The second kappa shape index (κ2) is 13.6. The van der Waals surface area contributed by atoms with Crippen LogP contribution in [0.5, 0.6) is 0 Å². The molecular weight excluding hydrogens is 258 g/mol. The molecule has 0 aliphatic rings. The SMILES string of the molecule is CC.CC.Cc1cccc(F)n1.Cc1cncc(F)c1. The molecule has 0 atom stereocenters. The molecule has 0 unspecified atom stereocenters. The Hall–Kier alpha value is -1.84. The van der Waals surface area contributed by atoms with Crippen LogP contribution in [-0.4, -0.2) is 9.97 Å². The van der Waals surface area contributed by atoms with Crippen LogP contribution in [0.3, 0.4) is 0 Å². The highest BCUT2D eigenvalue weighted by atomic mass is 19.1. The first-order valence-corrected chi connectivity index (χ1v) is 6.74. The number of aromatic nitrogens is 2. The average Bonchev–Trinajstić information content (AvgIpc) is 2.43. The summed E-state index contributed by atoms with van der Waals surface area (Å²) >= 11 is 0. The normalized spacial score (nSPS) is 8.00. The molecule has 0 radical (unpaired) electrons. The zero-order valence-electron chi connectivity index (χ0n) is 13.1. The Bertz CT molecular complexity index is 382. The first-order chi connectivity index (χ1) is 9.58. The van der Waals surface area contributed by atoms with Crippen molar-refractivity contribution in [3.63, 3.8) is 0 Å². The standard InChI is InChI=1S/2C6H6FN.2C2H6/c1-5-2-6(7)4-8-3-5;1-5-3-2-4-6(7)8-5;2*1-2/h2*2-4H,1H3;2*1-2H3. The topological polar surface area (TPSA) is 25.8 Å². The van der Waals surface area contributed by atoms with Crippen LogP contribution in [0.15, 0.2) is 36.7 Å². The number of nitrogens with zero attached hydrogens (tertiary/aromatic N) is 2. The number of halogens is 2. The molecule has 0 spiro atoms. The second-order valence-electron chi connectivity index (χ2n) is 3.28. The zero-order valence-corrected chi connectivity index (χ0v) is 13.1. The lowest BCUT2D eigenvalue weighted by molar-refractivity contribution is 0.580. The first kappa shape index (κ1) is 20.5. The maximum atomic E-state index is 12.1. The molecular formula is C16H24F2N2. The number of aryl methyl sites for hydroxylation is 2. The van der Waals surface area contributed by atoms with Crippen LogP contribution in [0, 0.1) is 25.6 Å². The third kappa shape index (κ3) is 11.3. The van der Waals surface area contributed by atoms with E-state index in [2.05, 4.69) is 9.97 Å². The molecule has 0 aromatic carbocycles. The van der Waals surface area contributed by atoms with Crippen LogP contribution in [0.25, 0.3) is 0 Å². The minimum Gasteiger partial charge on any atom is -0.261 e. The molecule has 0 aliphatic heterocycles. The molecule has 0 bridgehead atoms. The van der Waals surface area contributed by atoms with Gasteiger partial charge in [0.15, 0.2) is 0 Å². The summed E-state index contributed by atoms with van der Waals surface area (Å²) in [6, 6.07) is 6.15. The Labute approximate surface area is 120 Å². The lowest BCUT2D eigenvalue weighted by atomic mass is 10.3. The van der Waals surface area contributed by atoms with Gasteiger partial charge in [0.25, 0.3) is 0 Å². The monoisotopic (exact) mass is 282 g/mol. The van der Waals surface area contributed by atoms with Crippen molar-refractivity contribution in [2.45, 2.75) is 41.5 Å². The van der Waals surface area contributed by atoms with Gasteiger partial charge in [0.1, 0.15) is 5.82 Å². The van der Waals surface area contributed by atoms with Crippen molar-refractivity contribution in [1.29, 1.82) is 0 Å². The van der Waals surface area contributed by atoms with Crippen LogP contribution >= 0.6 is 0 Å². The number of rotatable bonds is 0. The van der Waals surface area contributed by atoms with Gasteiger partial charge in [0.2, 0.25) is 5.95 Å². The van der Waals surface area contributed by atoms with Gasteiger partial charge >= 0.3 is 0 Å². The Morgan fingerprint density at radius 1 is 0.900 bits per heavy atom. The van der Waals surface area contributed by atoms with E-state index in [4.69, 9.17) is 0 Å². The van der Waals surface area contributed by atoms with Crippen molar-refractivity contribution in [2.24, 2.45) is 0 Å². The summed E-state index contributed by atoms with van der Waals surface area (Å²) in [7, 11) is 0. The lowest BCUT2D eigenvalue weighted by Gasteiger charge is -1.86. The molecule has 20 heavy (non-hydrogen) atoms. The number of pyridine rings is 2. The third-order valence-electron chi connectivity index (χ3n) is 1.70. The molecule has 112 valence electrons. The van der Waals surface area contributed by atoms with Gasteiger partial charge < -0.3 is 0 Å². The van der Waals surface area contributed by atoms with Crippen LogP contribution in [0.2, 0.25) is 0 Å². The van der Waals surface area contributed by atoms with E-state index < -0.39 is 5.95 Å². The minimum absolute atomic E-state index is 0.273. The Kier molecular flexibility index (Phi) is 13.9. The fourth-order valence-corrected chi connectivity index (χ4v) is 1.03. The Balaban J connectivity index is 0. The summed E-state index contributed by atoms with van der Waals surface area (Å²) in [6.45, 7) is 11.6. The van der Waals surface area contributed by atoms with E-state index in [1.165, 1.54) is 18.3 Å². The summed E-state index contributed by atoms with van der Waals surface area (Å²) in [5, 5.41) is 0. The lowest BCUT2D eigenvalue weighted by Crippen LogP contribution is -1.82. The van der Waals surface area contributed by atoms with E-state index in [1.807, 2.05) is 27.7 Å². The smallest absolute Gasteiger partial charge is 0.213 e. The summed E-state index contributed by atoms with van der Waals surface area (Å²) in [6.07, 6.45) is 2.80. The molecule has 2 aromatic heterocycles. The largest absolute Gasteiger partial charge is 0.261 e. The van der Waals surface area contributed by atoms with Crippen molar-refractivity contribution in [3.8, 4) is 0 Å². The van der Waals surface area contributed by atoms with Gasteiger partial charge in [-0.25, -0.2) is 9.37 Å². The summed E-state index contributed by atoms with van der Waals surface area (Å²) < 4.78 is 24.2. The molecule has 4 heteroatoms. The predicted molar refractivity (Wildman–Crippen MR) is 80.6 cm³/mol. The molecule has 2 rings (SSSR count). The van der Waals surface area contributed by atoms with E-state index >= 15 is 0 Å². The quantitative estimate of drug-likeness (QED) is 0.627. The molecule has 0 amide bonds. The molecule has 0 aliphatic carbocycles.